The second kappa shape index (κ2) is 6.71. The largest absolute Gasteiger partial charge is 0.465 e. The molecule has 0 radical (unpaired) electrons. The molecular weight excluding hydrogens is 380 g/mol. The van der Waals surface area contributed by atoms with E-state index in [1.54, 1.807) is 6.07 Å². The highest BCUT2D eigenvalue weighted by Gasteiger charge is 2.20. The van der Waals surface area contributed by atoms with Crippen molar-refractivity contribution in [2.75, 3.05) is 7.11 Å². The molecular formula is C13H8BrClN2O5. The average Bonchev–Trinajstić information content (AvgIpc) is 2.48. The maximum atomic E-state index is 11.8. The first-order valence-electron chi connectivity index (χ1n) is 5.78. The number of aromatic nitrogens is 1. The summed E-state index contributed by atoms with van der Waals surface area (Å²) in [6.07, 6.45) is 1.17. The number of hydrogen-bond donors (Lipinski definition) is 0. The Morgan fingerprint density at radius 3 is 2.73 bits per heavy atom. The van der Waals surface area contributed by atoms with Crippen LogP contribution in [-0.2, 0) is 4.74 Å². The summed E-state index contributed by atoms with van der Waals surface area (Å²) in [5.41, 5.74) is 0.0527. The van der Waals surface area contributed by atoms with Gasteiger partial charge in [0, 0.05) is 0 Å². The van der Waals surface area contributed by atoms with Gasteiger partial charge in [-0.1, -0.05) is 17.7 Å². The van der Waals surface area contributed by atoms with Gasteiger partial charge in [-0.15, -0.1) is 0 Å². The normalized spacial score (nSPS) is 10.1. The predicted molar refractivity (Wildman–Crippen MR) is 81.5 cm³/mol. The van der Waals surface area contributed by atoms with E-state index in [1.165, 1.54) is 31.5 Å². The molecule has 1 aromatic heterocycles. The fraction of sp³-hybridized carbons (Fsp3) is 0.0769. The summed E-state index contributed by atoms with van der Waals surface area (Å²) in [5, 5.41) is 10.8. The molecule has 0 atom stereocenters. The van der Waals surface area contributed by atoms with Gasteiger partial charge in [0.05, 0.1) is 22.7 Å². The van der Waals surface area contributed by atoms with Gasteiger partial charge in [0.15, 0.2) is 11.9 Å². The molecule has 22 heavy (non-hydrogen) atoms. The molecule has 1 aromatic carbocycles. The summed E-state index contributed by atoms with van der Waals surface area (Å²) < 4.78 is 10.5. The standard InChI is InChI=1S/C13H8BrClN2O5/c1-21-13(18)12-8(15)3-2-4-9(12)22-10-6-16-11(17(19)20)5-7(10)14/h2-6H,1H3. The van der Waals surface area contributed by atoms with Gasteiger partial charge in [0.25, 0.3) is 0 Å². The first kappa shape index (κ1) is 16.2. The van der Waals surface area contributed by atoms with Gasteiger partial charge in [-0.25, -0.2) is 4.79 Å². The van der Waals surface area contributed by atoms with Crippen molar-refractivity contribution in [3.05, 3.63) is 55.6 Å². The number of esters is 1. The molecule has 0 spiro atoms. The molecule has 0 unspecified atom stereocenters. The summed E-state index contributed by atoms with van der Waals surface area (Å²) in [6.45, 7) is 0. The van der Waals surface area contributed by atoms with E-state index in [4.69, 9.17) is 16.3 Å². The number of carbonyl (C=O) groups is 1. The van der Waals surface area contributed by atoms with Crippen LogP contribution in [0.1, 0.15) is 10.4 Å². The Bertz CT molecular complexity index is 753. The SMILES string of the molecule is COC(=O)c1c(Cl)cccc1Oc1cnc([N+](=O)[O-])cc1Br. The van der Waals surface area contributed by atoms with Crippen LogP contribution in [0.25, 0.3) is 0 Å². The topological polar surface area (TPSA) is 91.6 Å². The van der Waals surface area contributed by atoms with Gasteiger partial charge in [0.1, 0.15) is 11.3 Å². The fourth-order valence-corrected chi connectivity index (χ4v) is 2.22. The number of methoxy groups -OCH3 is 1. The molecule has 0 amide bonds. The molecule has 0 bridgehead atoms. The fourth-order valence-electron chi connectivity index (χ4n) is 1.59. The lowest BCUT2D eigenvalue weighted by Gasteiger charge is -2.11. The molecule has 0 aliphatic heterocycles. The third kappa shape index (κ3) is 3.34. The van der Waals surface area contributed by atoms with Gasteiger partial charge in [0.2, 0.25) is 0 Å². The average molecular weight is 388 g/mol. The van der Waals surface area contributed by atoms with Crippen LogP contribution in [-0.4, -0.2) is 23.0 Å². The Balaban J connectivity index is 2.42. The van der Waals surface area contributed by atoms with Crippen LogP contribution in [0.5, 0.6) is 11.5 Å². The molecule has 2 aromatic rings. The number of rotatable bonds is 4. The molecule has 0 fully saturated rings. The molecule has 7 nitrogen and oxygen atoms in total. The van der Waals surface area contributed by atoms with Crippen molar-refractivity contribution in [1.29, 1.82) is 0 Å². The molecule has 2 rings (SSSR count). The van der Waals surface area contributed by atoms with Crippen molar-refractivity contribution in [3.8, 4) is 11.5 Å². The van der Waals surface area contributed by atoms with Crippen molar-refractivity contribution >= 4 is 39.3 Å². The lowest BCUT2D eigenvalue weighted by Crippen LogP contribution is -2.05. The lowest BCUT2D eigenvalue weighted by atomic mass is 10.2. The van der Waals surface area contributed by atoms with Crippen molar-refractivity contribution in [3.63, 3.8) is 0 Å². The maximum Gasteiger partial charge on any atom is 0.364 e. The minimum absolute atomic E-state index is 0.0527. The van der Waals surface area contributed by atoms with E-state index in [0.717, 1.165) is 0 Å². The van der Waals surface area contributed by atoms with E-state index in [-0.39, 0.29) is 27.9 Å². The zero-order valence-electron chi connectivity index (χ0n) is 11.1. The Morgan fingerprint density at radius 2 is 2.14 bits per heavy atom. The van der Waals surface area contributed by atoms with Gasteiger partial charge in [-0.05, 0) is 38.0 Å². The Kier molecular flexibility index (Phi) is 4.94. The van der Waals surface area contributed by atoms with E-state index in [0.29, 0.717) is 4.47 Å². The minimum atomic E-state index is -0.661. The van der Waals surface area contributed by atoms with Crippen LogP contribution >= 0.6 is 27.5 Å². The number of benzene rings is 1. The minimum Gasteiger partial charge on any atom is -0.465 e. The zero-order valence-corrected chi connectivity index (χ0v) is 13.4. The highest BCUT2D eigenvalue weighted by Crippen LogP contribution is 2.35. The van der Waals surface area contributed by atoms with Crippen molar-refractivity contribution in [2.45, 2.75) is 0 Å². The van der Waals surface area contributed by atoms with Gasteiger partial charge < -0.3 is 19.6 Å². The van der Waals surface area contributed by atoms with Crippen molar-refractivity contribution < 1.29 is 19.2 Å². The first-order valence-corrected chi connectivity index (χ1v) is 6.95. The summed E-state index contributed by atoms with van der Waals surface area (Å²) in [5.74, 6) is -0.654. The lowest BCUT2D eigenvalue weighted by molar-refractivity contribution is -0.389. The van der Waals surface area contributed by atoms with Crippen molar-refractivity contribution in [1.82, 2.24) is 4.98 Å². The van der Waals surface area contributed by atoms with Crippen LogP contribution in [0.4, 0.5) is 5.82 Å². The van der Waals surface area contributed by atoms with Crippen LogP contribution in [0.15, 0.2) is 34.9 Å². The second-order valence-electron chi connectivity index (χ2n) is 3.94. The van der Waals surface area contributed by atoms with E-state index >= 15 is 0 Å². The highest BCUT2D eigenvalue weighted by atomic mass is 79.9. The molecule has 0 saturated carbocycles. The van der Waals surface area contributed by atoms with Crippen LogP contribution < -0.4 is 4.74 Å². The zero-order chi connectivity index (χ0) is 16.3. The molecule has 114 valence electrons. The number of nitrogens with zero attached hydrogens (tertiary/aromatic N) is 2. The molecule has 1 heterocycles. The van der Waals surface area contributed by atoms with Crippen LogP contribution in [0.2, 0.25) is 5.02 Å². The first-order chi connectivity index (χ1) is 10.4. The molecule has 0 N–H and O–H groups in total. The summed E-state index contributed by atoms with van der Waals surface area (Å²) in [7, 11) is 1.22. The smallest absolute Gasteiger partial charge is 0.364 e. The third-order valence-electron chi connectivity index (χ3n) is 2.58. The van der Waals surface area contributed by atoms with Crippen molar-refractivity contribution in [2.24, 2.45) is 0 Å². The Hall–Kier alpha value is -2.19. The highest BCUT2D eigenvalue weighted by molar-refractivity contribution is 9.10. The van der Waals surface area contributed by atoms with Crippen LogP contribution in [0, 0.1) is 10.1 Å². The van der Waals surface area contributed by atoms with Gasteiger partial charge >= 0.3 is 11.8 Å². The quantitative estimate of drug-likeness (QED) is 0.447. The van der Waals surface area contributed by atoms with Gasteiger partial charge in [-0.3, -0.25) is 0 Å². The van der Waals surface area contributed by atoms with Gasteiger partial charge in [-0.2, -0.15) is 0 Å². The molecule has 0 aliphatic rings. The number of halogens is 2. The summed E-state index contributed by atoms with van der Waals surface area (Å²) >= 11 is 9.13. The molecule has 9 heteroatoms. The van der Waals surface area contributed by atoms with E-state index in [9.17, 15) is 14.9 Å². The second-order valence-corrected chi connectivity index (χ2v) is 5.20. The number of nitro groups is 1. The number of hydrogen-bond acceptors (Lipinski definition) is 6. The Morgan fingerprint density at radius 1 is 1.41 bits per heavy atom. The van der Waals surface area contributed by atoms with E-state index < -0.39 is 10.9 Å². The monoisotopic (exact) mass is 386 g/mol. The third-order valence-corrected chi connectivity index (χ3v) is 3.51. The van der Waals surface area contributed by atoms with E-state index in [2.05, 4.69) is 25.7 Å². The Labute approximate surface area is 138 Å². The summed E-state index contributed by atoms with van der Waals surface area (Å²) in [6, 6.07) is 5.82. The maximum absolute atomic E-state index is 11.8. The summed E-state index contributed by atoms with van der Waals surface area (Å²) in [4.78, 5) is 25.4. The number of carbonyl (C=O) groups excluding carboxylic acids is 1. The molecule has 0 aliphatic carbocycles. The van der Waals surface area contributed by atoms with Crippen LogP contribution in [0.3, 0.4) is 0 Å². The number of pyridine rings is 1. The molecule has 0 saturated heterocycles. The predicted octanol–water partition coefficient (Wildman–Crippen LogP) is 3.98. The van der Waals surface area contributed by atoms with E-state index in [1.807, 2.05) is 0 Å². The number of ether oxygens (including phenoxy) is 2.